The Morgan fingerprint density at radius 1 is 1.39 bits per heavy atom. The van der Waals surface area contributed by atoms with Crippen LogP contribution in [0.25, 0.3) is 0 Å². The molecule has 1 aliphatic heterocycles. The van der Waals surface area contributed by atoms with Gasteiger partial charge in [0.05, 0.1) is 7.11 Å². The van der Waals surface area contributed by atoms with E-state index in [4.69, 9.17) is 10.5 Å². The highest BCUT2D eigenvalue weighted by Gasteiger charge is 2.28. The standard InChI is InChI=1S/C14H23N3O/c1-11-9-16(2)13(8-15)10-17(11)12-5-4-6-14(7-12)18-3/h4-7,11,13H,8-10,15H2,1-3H3. The topological polar surface area (TPSA) is 41.7 Å². The summed E-state index contributed by atoms with van der Waals surface area (Å²) in [7, 11) is 3.85. The summed E-state index contributed by atoms with van der Waals surface area (Å²) >= 11 is 0. The van der Waals surface area contributed by atoms with Crippen LogP contribution in [-0.4, -0.2) is 50.8 Å². The fraction of sp³-hybridized carbons (Fsp3) is 0.571. The molecule has 4 nitrogen and oxygen atoms in total. The molecule has 18 heavy (non-hydrogen) atoms. The molecule has 1 aromatic rings. The summed E-state index contributed by atoms with van der Waals surface area (Å²) in [6.45, 7) is 4.97. The number of anilines is 1. The Hall–Kier alpha value is -1.26. The number of benzene rings is 1. The van der Waals surface area contributed by atoms with Crippen molar-refractivity contribution < 1.29 is 4.74 Å². The van der Waals surface area contributed by atoms with E-state index < -0.39 is 0 Å². The molecule has 2 atom stereocenters. The first kappa shape index (κ1) is 13.2. The Morgan fingerprint density at radius 3 is 2.83 bits per heavy atom. The van der Waals surface area contributed by atoms with Crippen LogP contribution in [0.2, 0.25) is 0 Å². The maximum absolute atomic E-state index is 5.84. The van der Waals surface area contributed by atoms with Gasteiger partial charge in [-0.15, -0.1) is 0 Å². The van der Waals surface area contributed by atoms with E-state index in [1.165, 1.54) is 5.69 Å². The number of piperazine rings is 1. The second kappa shape index (κ2) is 5.59. The quantitative estimate of drug-likeness (QED) is 0.873. The van der Waals surface area contributed by atoms with Crippen molar-refractivity contribution in [2.75, 3.05) is 38.7 Å². The van der Waals surface area contributed by atoms with E-state index in [1.807, 2.05) is 12.1 Å². The van der Waals surface area contributed by atoms with Gasteiger partial charge in [-0.25, -0.2) is 0 Å². The number of ether oxygens (including phenoxy) is 1. The number of likely N-dealkylation sites (N-methyl/N-ethyl adjacent to an activating group) is 1. The average molecular weight is 249 g/mol. The van der Waals surface area contributed by atoms with Gasteiger partial charge >= 0.3 is 0 Å². The fourth-order valence-electron chi connectivity index (χ4n) is 2.61. The van der Waals surface area contributed by atoms with Gasteiger partial charge in [-0.2, -0.15) is 0 Å². The van der Waals surface area contributed by atoms with Crippen LogP contribution in [-0.2, 0) is 0 Å². The predicted octanol–water partition coefficient (Wildman–Crippen LogP) is 1.16. The van der Waals surface area contributed by atoms with E-state index in [0.29, 0.717) is 18.6 Å². The minimum absolute atomic E-state index is 0.424. The summed E-state index contributed by atoms with van der Waals surface area (Å²) in [4.78, 5) is 4.77. The van der Waals surface area contributed by atoms with E-state index in [9.17, 15) is 0 Å². The first-order valence-electron chi connectivity index (χ1n) is 6.46. The second-order valence-electron chi connectivity index (χ2n) is 5.03. The maximum Gasteiger partial charge on any atom is 0.120 e. The van der Waals surface area contributed by atoms with Crippen molar-refractivity contribution in [3.8, 4) is 5.75 Å². The molecule has 2 N–H and O–H groups in total. The lowest BCUT2D eigenvalue weighted by atomic mass is 10.1. The number of nitrogens with zero attached hydrogens (tertiary/aromatic N) is 2. The molecule has 0 spiro atoms. The van der Waals surface area contributed by atoms with Gasteiger partial charge in [0.15, 0.2) is 0 Å². The Labute approximate surface area is 109 Å². The molecule has 0 amide bonds. The molecule has 0 aliphatic carbocycles. The van der Waals surface area contributed by atoms with E-state index in [-0.39, 0.29) is 0 Å². The van der Waals surface area contributed by atoms with Gasteiger partial charge in [-0.05, 0) is 26.1 Å². The highest BCUT2D eigenvalue weighted by Crippen LogP contribution is 2.25. The highest BCUT2D eigenvalue weighted by molar-refractivity contribution is 5.52. The van der Waals surface area contributed by atoms with Crippen LogP contribution in [0.4, 0.5) is 5.69 Å². The van der Waals surface area contributed by atoms with Crippen molar-refractivity contribution in [1.29, 1.82) is 0 Å². The summed E-state index contributed by atoms with van der Waals surface area (Å²) in [6, 6.07) is 9.16. The first-order valence-corrected chi connectivity index (χ1v) is 6.46. The Morgan fingerprint density at radius 2 is 2.17 bits per heavy atom. The molecule has 1 aliphatic rings. The molecule has 4 heteroatoms. The Bertz CT molecular complexity index is 396. The van der Waals surface area contributed by atoms with E-state index in [1.54, 1.807) is 7.11 Å². The molecule has 0 aromatic heterocycles. The van der Waals surface area contributed by atoms with Crippen molar-refractivity contribution in [2.45, 2.75) is 19.0 Å². The number of hydrogen-bond acceptors (Lipinski definition) is 4. The van der Waals surface area contributed by atoms with Gasteiger partial charge in [0.2, 0.25) is 0 Å². The van der Waals surface area contributed by atoms with Crippen molar-refractivity contribution in [1.82, 2.24) is 4.90 Å². The molecule has 1 aromatic carbocycles. The van der Waals surface area contributed by atoms with Crippen molar-refractivity contribution >= 4 is 5.69 Å². The van der Waals surface area contributed by atoms with Crippen molar-refractivity contribution in [3.63, 3.8) is 0 Å². The smallest absolute Gasteiger partial charge is 0.120 e. The Balaban J connectivity index is 2.20. The molecular weight excluding hydrogens is 226 g/mol. The summed E-state index contributed by atoms with van der Waals surface area (Å²) in [5, 5.41) is 0. The van der Waals surface area contributed by atoms with Crippen LogP contribution in [0.5, 0.6) is 5.75 Å². The minimum Gasteiger partial charge on any atom is -0.497 e. The van der Waals surface area contributed by atoms with E-state index >= 15 is 0 Å². The summed E-state index contributed by atoms with van der Waals surface area (Å²) in [5.74, 6) is 0.905. The van der Waals surface area contributed by atoms with Gasteiger partial charge in [-0.3, -0.25) is 4.90 Å². The number of methoxy groups -OCH3 is 1. The van der Waals surface area contributed by atoms with Crippen molar-refractivity contribution in [3.05, 3.63) is 24.3 Å². The third-order valence-electron chi connectivity index (χ3n) is 3.77. The van der Waals surface area contributed by atoms with Gasteiger partial charge in [0, 0.05) is 43.5 Å². The summed E-state index contributed by atoms with van der Waals surface area (Å²) < 4.78 is 5.29. The zero-order valence-corrected chi connectivity index (χ0v) is 11.5. The lowest BCUT2D eigenvalue weighted by Crippen LogP contribution is -2.58. The number of rotatable bonds is 3. The SMILES string of the molecule is COc1cccc(N2CC(CN)N(C)CC2C)c1. The zero-order valence-electron chi connectivity index (χ0n) is 11.5. The first-order chi connectivity index (χ1) is 8.65. The second-order valence-corrected chi connectivity index (χ2v) is 5.03. The van der Waals surface area contributed by atoms with E-state index in [0.717, 1.165) is 18.8 Å². The van der Waals surface area contributed by atoms with Gasteiger partial charge in [0.1, 0.15) is 5.75 Å². The lowest BCUT2D eigenvalue weighted by molar-refractivity contribution is 0.197. The fourth-order valence-corrected chi connectivity index (χ4v) is 2.61. The largest absolute Gasteiger partial charge is 0.497 e. The van der Waals surface area contributed by atoms with Crippen LogP contribution >= 0.6 is 0 Å². The number of nitrogens with two attached hydrogens (primary N) is 1. The molecule has 1 saturated heterocycles. The van der Waals surface area contributed by atoms with Crippen LogP contribution in [0, 0.1) is 0 Å². The van der Waals surface area contributed by atoms with Crippen molar-refractivity contribution in [2.24, 2.45) is 5.73 Å². The molecular formula is C14H23N3O. The van der Waals surface area contributed by atoms with Gasteiger partial charge < -0.3 is 15.4 Å². The lowest BCUT2D eigenvalue weighted by Gasteiger charge is -2.44. The average Bonchev–Trinajstić information content (AvgIpc) is 2.39. The molecule has 0 bridgehead atoms. The third-order valence-corrected chi connectivity index (χ3v) is 3.77. The third kappa shape index (κ3) is 2.60. The highest BCUT2D eigenvalue weighted by atomic mass is 16.5. The minimum atomic E-state index is 0.424. The normalized spacial score (nSPS) is 25.2. The van der Waals surface area contributed by atoms with Gasteiger partial charge in [-0.1, -0.05) is 6.07 Å². The van der Waals surface area contributed by atoms with Crippen LogP contribution in [0.3, 0.4) is 0 Å². The summed E-state index contributed by atoms with van der Waals surface area (Å²) in [6.07, 6.45) is 0. The zero-order chi connectivity index (χ0) is 13.1. The molecule has 100 valence electrons. The van der Waals surface area contributed by atoms with E-state index in [2.05, 4.69) is 35.9 Å². The molecule has 0 radical (unpaired) electrons. The van der Waals surface area contributed by atoms with Crippen LogP contribution in [0.15, 0.2) is 24.3 Å². The Kier molecular flexibility index (Phi) is 4.09. The molecule has 2 unspecified atom stereocenters. The molecule has 1 heterocycles. The monoisotopic (exact) mass is 249 g/mol. The predicted molar refractivity (Wildman–Crippen MR) is 75.3 cm³/mol. The van der Waals surface area contributed by atoms with Crippen LogP contribution < -0.4 is 15.4 Å². The molecule has 1 fully saturated rings. The number of hydrogen-bond donors (Lipinski definition) is 1. The van der Waals surface area contributed by atoms with Crippen LogP contribution in [0.1, 0.15) is 6.92 Å². The molecule has 2 rings (SSSR count). The molecule has 0 saturated carbocycles. The maximum atomic E-state index is 5.84. The summed E-state index contributed by atoms with van der Waals surface area (Å²) in [5.41, 5.74) is 7.06. The van der Waals surface area contributed by atoms with Gasteiger partial charge in [0.25, 0.3) is 0 Å².